The fourth-order valence-corrected chi connectivity index (χ4v) is 9.48. The molecule has 12 nitrogen and oxygen atoms in total. The van der Waals surface area contributed by atoms with Crippen molar-refractivity contribution in [1.82, 2.24) is 9.80 Å². The van der Waals surface area contributed by atoms with Crippen LogP contribution in [-0.2, 0) is 25.5 Å². The fourth-order valence-electron chi connectivity index (χ4n) is 8.14. The highest BCUT2D eigenvalue weighted by molar-refractivity contribution is 8.00. The van der Waals surface area contributed by atoms with Crippen molar-refractivity contribution in [2.75, 3.05) is 32.8 Å². The first-order valence-corrected chi connectivity index (χ1v) is 16.1. The summed E-state index contributed by atoms with van der Waals surface area (Å²) in [4.78, 5) is 42.6. The fraction of sp³-hybridized carbons (Fsp3) is 0.455. The number of hydrogen-bond acceptors (Lipinski definition) is 13. The van der Waals surface area contributed by atoms with Crippen molar-refractivity contribution in [3.63, 3.8) is 0 Å². The number of carbonyl (C=O) groups is 3. The molecule has 4 bridgehead atoms. The number of piperazine rings is 1. The molecule has 2 aromatic carbocycles. The average Bonchev–Trinajstić information content (AvgIpc) is 3.51. The quantitative estimate of drug-likeness (QED) is 0.224. The van der Waals surface area contributed by atoms with Crippen LogP contribution in [0.5, 0.6) is 28.7 Å². The van der Waals surface area contributed by atoms with E-state index in [1.165, 1.54) is 25.8 Å². The van der Waals surface area contributed by atoms with Gasteiger partial charge in [0, 0.05) is 47.8 Å². The van der Waals surface area contributed by atoms with Gasteiger partial charge in [-0.1, -0.05) is 12.1 Å². The molecule has 2 aromatic rings. The third-order valence-corrected chi connectivity index (χ3v) is 11.0. The van der Waals surface area contributed by atoms with Crippen LogP contribution in [0.25, 0.3) is 0 Å². The van der Waals surface area contributed by atoms with Gasteiger partial charge in [0.15, 0.2) is 23.0 Å². The predicted octanol–water partition coefficient (Wildman–Crippen LogP) is 3.36. The van der Waals surface area contributed by atoms with Gasteiger partial charge in [-0.25, -0.2) is 4.79 Å². The number of aromatic hydroxyl groups is 1. The Hall–Kier alpha value is -4.25. The number of nitrogens with zero attached hydrogens (tertiary/aromatic N) is 3. The zero-order chi connectivity index (χ0) is 32.6. The van der Waals surface area contributed by atoms with Gasteiger partial charge >= 0.3 is 11.9 Å². The number of methoxy groups -OCH3 is 1. The molecular weight excluding hydrogens is 614 g/mol. The Bertz CT molecular complexity index is 1750. The van der Waals surface area contributed by atoms with E-state index in [4.69, 9.17) is 23.7 Å². The van der Waals surface area contributed by atoms with Crippen LogP contribution in [0, 0.1) is 25.2 Å². The Labute approximate surface area is 269 Å². The van der Waals surface area contributed by atoms with E-state index in [1.807, 2.05) is 13.0 Å². The molecule has 7 rings (SSSR count). The summed E-state index contributed by atoms with van der Waals surface area (Å²) < 4.78 is 29.2. The molecule has 0 radical (unpaired) electrons. The largest absolute Gasteiger partial charge is 0.504 e. The van der Waals surface area contributed by atoms with E-state index in [-0.39, 0.29) is 36.7 Å². The van der Waals surface area contributed by atoms with Crippen molar-refractivity contribution in [2.24, 2.45) is 0 Å². The van der Waals surface area contributed by atoms with Crippen LogP contribution >= 0.6 is 11.8 Å². The third kappa shape index (κ3) is 4.23. The van der Waals surface area contributed by atoms with Crippen molar-refractivity contribution >= 4 is 29.5 Å². The maximum atomic E-state index is 13.0. The van der Waals surface area contributed by atoms with Crippen molar-refractivity contribution in [2.45, 2.75) is 62.7 Å². The summed E-state index contributed by atoms with van der Waals surface area (Å²) in [6.07, 6.45) is 2.23. The second-order valence-corrected chi connectivity index (χ2v) is 13.2. The summed E-state index contributed by atoms with van der Waals surface area (Å²) in [6.45, 7) is 9.04. The van der Waals surface area contributed by atoms with Crippen LogP contribution < -0.4 is 18.9 Å². The summed E-state index contributed by atoms with van der Waals surface area (Å²) in [5, 5.41) is 22.1. The molecule has 2 saturated heterocycles. The van der Waals surface area contributed by atoms with Crippen LogP contribution in [0.1, 0.15) is 57.6 Å². The Morgan fingerprint density at radius 2 is 1.96 bits per heavy atom. The van der Waals surface area contributed by atoms with Crippen molar-refractivity contribution in [3.8, 4) is 34.8 Å². The predicted molar refractivity (Wildman–Crippen MR) is 164 cm³/mol. The Morgan fingerprint density at radius 1 is 1.20 bits per heavy atom. The first-order chi connectivity index (χ1) is 22.1. The minimum absolute atomic E-state index is 0.00754. The molecule has 5 heterocycles. The van der Waals surface area contributed by atoms with Gasteiger partial charge in [0.2, 0.25) is 12.6 Å². The summed E-state index contributed by atoms with van der Waals surface area (Å²) in [6, 6.07) is 1.62. The third-order valence-electron chi connectivity index (χ3n) is 9.70. The van der Waals surface area contributed by atoms with Crippen LogP contribution in [0.2, 0.25) is 0 Å². The number of ether oxygens (including phenoxy) is 5. The molecule has 46 heavy (non-hydrogen) atoms. The lowest BCUT2D eigenvalue weighted by Crippen LogP contribution is -2.70. The highest BCUT2D eigenvalue weighted by Gasteiger charge is 2.61. The molecule has 13 heteroatoms. The van der Waals surface area contributed by atoms with Gasteiger partial charge < -0.3 is 28.8 Å². The summed E-state index contributed by atoms with van der Waals surface area (Å²) in [7, 11) is 1.51. The van der Waals surface area contributed by atoms with E-state index in [1.54, 1.807) is 13.0 Å². The number of fused-ring (bicyclic) bond motifs is 9. The molecule has 0 saturated carbocycles. The molecule has 240 valence electrons. The summed E-state index contributed by atoms with van der Waals surface area (Å²) in [5.74, 6) is -0.956. The van der Waals surface area contributed by atoms with E-state index in [2.05, 4.69) is 22.4 Å². The number of benzene rings is 2. The second-order valence-electron chi connectivity index (χ2n) is 12.1. The number of Topliss-reactive ketones (excluding diaryl/α,β-unsaturated/α-hetero) is 1. The van der Waals surface area contributed by atoms with Gasteiger partial charge in [0.1, 0.15) is 18.4 Å². The number of nitriles is 1. The molecule has 0 aliphatic carbocycles. The van der Waals surface area contributed by atoms with E-state index in [0.717, 1.165) is 11.1 Å². The average molecular weight is 648 g/mol. The van der Waals surface area contributed by atoms with Crippen molar-refractivity contribution in [1.29, 1.82) is 5.26 Å². The smallest absolute Gasteiger partial charge is 0.375 e. The molecule has 0 amide bonds. The highest BCUT2D eigenvalue weighted by Crippen LogP contribution is 2.64. The molecule has 1 N–H and O–H groups in total. The molecule has 5 aliphatic rings. The van der Waals surface area contributed by atoms with Crippen LogP contribution in [0.4, 0.5) is 0 Å². The van der Waals surface area contributed by atoms with Crippen molar-refractivity contribution in [3.05, 3.63) is 52.1 Å². The van der Waals surface area contributed by atoms with Gasteiger partial charge in [-0.15, -0.1) is 18.3 Å². The number of carbonyl (C=O) groups excluding carboxylic acids is 3. The Kier molecular flexibility index (Phi) is 7.42. The first-order valence-electron chi connectivity index (χ1n) is 15.0. The van der Waals surface area contributed by atoms with Gasteiger partial charge in [-0.05, 0) is 31.4 Å². The number of hydrogen-bond donors (Lipinski definition) is 1. The maximum absolute atomic E-state index is 13.0. The number of phenolic OH excluding ortho intramolecular Hbond substituents is 1. The van der Waals surface area contributed by atoms with Crippen LogP contribution in [0.15, 0.2) is 18.7 Å². The summed E-state index contributed by atoms with van der Waals surface area (Å²) in [5.41, 5.74) is 4.08. The first kappa shape index (κ1) is 30.4. The Balaban J connectivity index is 1.58. The summed E-state index contributed by atoms with van der Waals surface area (Å²) >= 11 is 1.21. The molecule has 5 aliphatic heterocycles. The van der Waals surface area contributed by atoms with Gasteiger partial charge in [-0.2, -0.15) is 5.26 Å². The molecule has 3 unspecified atom stereocenters. The Morgan fingerprint density at radius 3 is 2.65 bits per heavy atom. The van der Waals surface area contributed by atoms with Gasteiger partial charge in [-0.3, -0.25) is 19.4 Å². The normalized spacial score (nSPS) is 27.9. The SMILES string of the molecule is C=CCN1C2c3c(cc(C)c(OC)c3O)CC1[C@H](C#N)N1C2[C@@H]2SCC(=O)C(=O)OC[C@H]1c1c3c(c(C)c(OC(C)=O)c12)OCO3. The minimum Gasteiger partial charge on any atom is -0.504 e. The lowest BCUT2D eigenvalue weighted by molar-refractivity contribution is -0.157. The monoisotopic (exact) mass is 647 g/mol. The molecular formula is C33H33N3O9S. The van der Waals surface area contributed by atoms with E-state index >= 15 is 0 Å². The van der Waals surface area contributed by atoms with Crippen LogP contribution in [-0.4, -0.2) is 83.6 Å². The standard InChI is InChI=1S/C33H33N3O9S/c1-6-7-35-18-9-17-8-14(2)28(41-5)27(39)22(17)25(35)26-32-24-23(31-30(43-13-44-31)15(3)29(24)45-16(4)37)20(36(26)19(18)10-34)11-42-33(40)21(38)12-46-32/h6,8,18-20,25-26,32,39H,1,7,9,11-13H2,2-5H3/t18?,19-,20-,25?,26?,32+/m0/s1. The zero-order valence-electron chi connectivity index (χ0n) is 25.8. The molecule has 2 fully saturated rings. The van der Waals surface area contributed by atoms with Gasteiger partial charge in [0.25, 0.3) is 0 Å². The second kappa shape index (κ2) is 11.2. The number of cyclic esters (lactones) is 1. The van der Waals surface area contributed by atoms with Gasteiger partial charge in [0.05, 0.1) is 36.3 Å². The van der Waals surface area contributed by atoms with E-state index < -0.39 is 47.1 Å². The van der Waals surface area contributed by atoms with Crippen LogP contribution in [0.3, 0.4) is 0 Å². The molecule has 0 spiro atoms. The number of thioether (sulfide) groups is 1. The number of aryl methyl sites for hydroxylation is 1. The number of phenols is 1. The van der Waals surface area contributed by atoms with E-state index in [0.29, 0.717) is 52.5 Å². The highest BCUT2D eigenvalue weighted by atomic mass is 32.2. The topological polar surface area (TPSA) is 148 Å². The number of ketones is 1. The number of esters is 2. The lowest BCUT2D eigenvalue weighted by atomic mass is 9.71. The number of rotatable bonds is 4. The maximum Gasteiger partial charge on any atom is 0.375 e. The molecule has 0 aromatic heterocycles. The molecule has 6 atom stereocenters. The van der Waals surface area contributed by atoms with E-state index in [9.17, 15) is 24.8 Å². The van der Waals surface area contributed by atoms with Crippen molar-refractivity contribution < 1.29 is 43.2 Å². The minimum atomic E-state index is -0.957. The zero-order valence-corrected chi connectivity index (χ0v) is 26.6. The lowest BCUT2D eigenvalue weighted by Gasteiger charge is -2.62.